The number of nitrogens with zero attached hydrogens (tertiary/aromatic N) is 2. The number of rotatable bonds is 6. The number of ether oxygens (including phenoxy) is 2. The molecule has 2 saturated heterocycles. The molecular formula is C37H33N3O9S. The van der Waals surface area contributed by atoms with Crippen LogP contribution in [0, 0.1) is 0 Å². The highest BCUT2D eigenvalue weighted by Gasteiger charge is 2.54. The molecule has 13 heteroatoms. The number of phenols is 1. The summed E-state index contributed by atoms with van der Waals surface area (Å²) >= 11 is 0. The number of phenolic OH excluding ortho intramolecular Hbond substituents is 1. The molecule has 8 rings (SSSR count). The van der Waals surface area contributed by atoms with Gasteiger partial charge in [0, 0.05) is 66.0 Å². The van der Waals surface area contributed by atoms with Crippen LogP contribution in [0.15, 0.2) is 93.0 Å². The van der Waals surface area contributed by atoms with Crippen molar-refractivity contribution < 1.29 is 37.0 Å². The third kappa shape index (κ3) is 5.16. The van der Waals surface area contributed by atoms with E-state index in [4.69, 9.17) is 13.9 Å². The molecule has 3 aromatic rings. The van der Waals surface area contributed by atoms with E-state index in [1.807, 2.05) is 0 Å². The minimum Gasteiger partial charge on any atom is -0.508 e. The number of amides is 2. The van der Waals surface area contributed by atoms with Crippen molar-refractivity contribution in [3.63, 3.8) is 0 Å². The van der Waals surface area contributed by atoms with Crippen molar-refractivity contribution in [1.82, 2.24) is 9.62 Å². The van der Waals surface area contributed by atoms with Gasteiger partial charge >= 0.3 is 0 Å². The molecule has 0 radical (unpaired) electrons. The van der Waals surface area contributed by atoms with Gasteiger partial charge in [0.15, 0.2) is 5.43 Å². The van der Waals surface area contributed by atoms with Crippen LogP contribution in [-0.4, -0.2) is 69.0 Å². The molecule has 4 aliphatic heterocycles. The summed E-state index contributed by atoms with van der Waals surface area (Å²) in [5, 5.41) is 13.7. The van der Waals surface area contributed by atoms with Gasteiger partial charge in [-0.25, -0.2) is 8.42 Å². The Hall–Kier alpha value is -5.08. The van der Waals surface area contributed by atoms with Gasteiger partial charge in [-0.15, -0.1) is 0 Å². The summed E-state index contributed by atoms with van der Waals surface area (Å²) in [6, 6.07) is 20.4. The van der Waals surface area contributed by atoms with Crippen LogP contribution in [0.5, 0.6) is 5.75 Å². The van der Waals surface area contributed by atoms with Crippen molar-refractivity contribution in [2.24, 2.45) is 0 Å². The van der Waals surface area contributed by atoms with E-state index in [0.29, 0.717) is 72.7 Å². The maximum absolute atomic E-state index is 14.0. The Kier molecular flexibility index (Phi) is 7.75. The number of nitrogens with one attached hydrogen (secondary N) is 1. The molecule has 50 heavy (non-hydrogen) atoms. The van der Waals surface area contributed by atoms with Gasteiger partial charge in [-0.05, 0) is 79.4 Å². The van der Waals surface area contributed by atoms with E-state index in [2.05, 4.69) is 5.32 Å². The number of aromatic hydroxyl groups is 1. The van der Waals surface area contributed by atoms with Gasteiger partial charge in [-0.2, -0.15) is 4.31 Å². The Morgan fingerprint density at radius 1 is 0.960 bits per heavy atom. The Morgan fingerprint density at radius 2 is 1.74 bits per heavy atom. The van der Waals surface area contributed by atoms with Gasteiger partial charge in [-0.1, -0.05) is 12.1 Å². The van der Waals surface area contributed by atoms with Gasteiger partial charge in [0.25, 0.3) is 17.6 Å². The molecule has 0 unspecified atom stereocenters. The van der Waals surface area contributed by atoms with Crippen molar-refractivity contribution in [2.45, 2.75) is 36.0 Å². The summed E-state index contributed by atoms with van der Waals surface area (Å²) in [6.07, 6.45) is 1.83. The Balaban J connectivity index is 1.01. The highest BCUT2D eigenvalue weighted by atomic mass is 32.2. The molecule has 256 valence electrons. The zero-order valence-corrected chi connectivity index (χ0v) is 27.9. The van der Waals surface area contributed by atoms with Crippen molar-refractivity contribution in [3.05, 3.63) is 100 Å². The van der Waals surface area contributed by atoms with Crippen LogP contribution < -0.4 is 15.6 Å². The number of hydrogen-bond donors (Lipinski definition) is 2. The first kappa shape index (κ1) is 32.1. The van der Waals surface area contributed by atoms with E-state index in [1.165, 1.54) is 39.5 Å². The lowest BCUT2D eigenvalue weighted by Gasteiger charge is -2.32. The minimum atomic E-state index is -3.99. The summed E-state index contributed by atoms with van der Waals surface area (Å²) in [5.41, 5.74) is 3.77. The summed E-state index contributed by atoms with van der Waals surface area (Å²) < 4.78 is 47.0. The third-order valence-corrected chi connectivity index (χ3v) is 11.7. The molecule has 2 amide bonds. The fraction of sp³-hybridized carbons (Fsp3) is 0.270. The minimum absolute atomic E-state index is 0.0270. The lowest BCUT2D eigenvalue weighted by molar-refractivity contribution is -0.256. The van der Waals surface area contributed by atoms with Crippen LogP contribution in [0.2, 0.25) is 0 Å². The normalized spacial score (nSPS) is 19.0. The van der Waals surface area contributed by atoms with Crippen molar-refractivity contribution in [3.8, 4) is 28.2 Å². The van der Waals surface area contributed by atoms with Crippen molar-refractivity contribution in [2.75, 3.05) is 38.3 Å². The van der Waals surface area contributed by atoms with E-state index in [1.54, 1.807) is 55.6 Å². The number of sulfonamides is 1. The molecule has 0 bridgehead atoms. The SMILES string of the molecule is CN1C(=O)C2(OCCCO2)c2cc(S(=O)(=O)N3CCC[C@H]3CNC(=O)c3ccc(-c4c5ccc(=O)cc-5oc5cc(O)ccc45)cc3)ccc21. The molecule has 1 aliphatic carbocycles. The van der Waals surface area contributed by atoms with E-state index in [0.717, 1.165) is 16.5 Å². The Morgan fingerprint density at radius 3 is 2.52 bits per heavy atom. The number of fused-ring (bicyclic) bond motifs is 4. The topological polar surface area (TPSA) is 156 Å². The number of likely N-dealkylation sites (N-methyl/N-ethyl adjacent to an activating group) is 1. The number of carbonyl (C=O) groups excluding carboxylic acids is 2. The smallest absolute Gasteiger partial charge is 0.292 e. The molecule has 4 heterocycles. The summed E-state index contributed by atoms with van der Waals surface area (Å²) in [7, 11) is -2.38. The van der Waals surface area contributed by atoms with Crippen molar-refractivity contribution >= 4 is 38.5 Å². The molecule has 0 saturated carbocycles. The van der Waals surface area contributed by atoms with E-state index in [9.17, 15) is 27.9 Å². The fourth-order valence-corrected chi connectivity index (χ4v) is 8.94. The monoisotopic (exact) mass is 695 g/mol. The maximum atomic E-state index is 14.0. The maximum Gasteiger partial charge on any atom is 0.292 e. The predicted molar refractivity (Wildman–Crippen MR) is 184 cm³/mol. The first-order chi connectivity index (χ1) is 24.1. The molecule has 2 N–H and O–H groups in total. The standard InChI is InChI=1S/C37H33N3O9S/c1-39-31-14-11-27(20-30(31)37(36(39)44)47-16-3-17-48-37)50(45,46)40-15-2-4-24(40)21-38-35(43)23-7-5-22(6-8-23)34-28-12-9-25(41)18-32(28)49-33-19-26(42)10-13-29(33)34/h5-14,18-20,24,41H,2-4,15-17,21H2,1H3,(H,38,43)/t24-/m0/s1. The largest absolute Gasteiger partial charge is 0.508 e. The lowest BCUT2D eigenvalue weighted by Crippen LogP contribution is -2.46. The predicted octanol–water partition coefficient (Wildman–Crippen LogP) is 4.42. The number of hydrogen-bond acceptors (Lipinski definition) is 9. The van der Waals surface area contributed by atoms with Gasteiger partial charge in [0.05, 0.1) is 23.8 Å². The summed E-state index contributed by atoms with van der Waals surface area (Å²) in [4.78, 5) is 40.0. The number of carbonyl (C=O) groups is 2. The van der Waals surface area contributed by atoms with Gasteiger partial charge in [0.2, 0.25) is 10.0 Å². The zero-order chi connectivity index (χ0) is 34.8. The number of benzene rings is 4. The molecule has 0 aromatic heterocycles. The van der Waals surface area contributed by atoms with Gasteiger partial charge in [-0.3, -0.25) is 14.4 Å². The fourth-order valence-electron chi connectivity index (χ4n) is 7.22. The van der Waals surface area contributed by atoms with E-state index in [-0.39, 0.29) is 28.5 Å². The van der Waals surface area contributed by atoms with Crippen LogP contribution in [0.1, 0.15) is 35.2 Å². The Labute approximate surface area is 287 Å². The third-order valence-electron chi connectivity index (χ3n) is 9.71. The van der Waals surface area contributed by atoms with Crippen LogP contribution in [0.4, 0.5) is 5.69 Å². The van der Waals surface area contributed by atoms with E-state index < -0.39 is 27.8 Å². The highest BCUT2D eigenvalue weighted by Crippen LogP contribution is 2.46. The number of anilines is 1. The second-order valence-electron chi connectivity index (χ2n) is 12.7. The second-order valence-corrected chi connectivity index (χ2v) is 14.6. The van der Waals surface area contributed by atoms with Gasteiger partial charge in [0.1, 0.15) is 17.1 Å². The average Bonchev–Trinajstić information content (AvgIpc) is 3.68. The first-order valence-corrected chi connectivity index (χ1v) is 17.8. The van der Waals surface area contributed by atoms with Crippen LogP contribution in [-0.2, 0) is 30.1 Å². The molecule has 5 aliphatic rings. The molecule has 12 nitrogen and oxygen atoms in total. The summed E-state index contributed by atoms with van der Waals surface area (Å²) in [6.45, 7) is 1.04. The molecule has 2 fully saturated rings. The summed E-state index contributed by atoms with van der Waals surface area (Å²) in [5.74, 6) is -2.00. The first-order valence-electron chi connectivity index (χ1n) is 16.4. The van der Waals surface area contributed by atoms with Crippen LogP contribution >= 0.6 is 0 Å². The zero-order valence-electron chi connectivity index (χ0n) is 27.0. The van der Waals surface area contributed by atoms with Gasteiger partial charge < -0.3 is 29.2 Å². The van der Waals surface area contributed by atoms with Crippen LogP contribution in [0.25, 0.3) is 33.4 Å². The Bertz CT molecular complexity index is 2310. The average molecular weight is 696 g/mol. The molecule has 1 spiro atoms. The molecular weight excluding hydrogens is 662 g/mol. The van der Waals surface area contributed by atoms with Crippen molar-refractivity contribution in [1.29, 1.82) is 0 Å². The second kappa shape index (κ2) is 12.1. The highest BCUT2D eigenvalue weighted by molar-refractivity contribution is 7.89. The molecule has 3 aromatic carbocycles. The molecule has 1 atom stereocenters. The lowest BCUT2D eigenvalue weighted by atomic mass is 9.93. The van der Waals surface area contributed by atoms with E-state index >= 15 is 0 Å². The van der Waals surface area contributed by atoms with Crippen LogP contribution in [0.3, 0.4) is 0 Å². The quantitative estimate of drug-likeness (QED) is 0.246.